The van der Waals surface area contributed by atoms with Gasteiger partial charge in [-0.3, -0.25) is 4.98 Å². The van der Waals surface area contributed by atoms with Gasteiger partial charge >= 0.3 is 5.97 Å². The number of ether oxygens (including phenoxy) is 1. The first kappa shape index (κ1) is 14.3. The van der Waals surface area contributed by atoms with Crippen LogP contribution in [0.25, 0.3) is 0 Å². The highest BCUT2D eigenvalue weighted by atomic mass is 35.5. The predicted molar refractivity (Wildman–Crippen MR) is 70.0 cm³/mol. The minimum atomic E-state index is -1.03. The van der Waals surface area contributed by atoms with Crippen LogP contribution in [0.3, 0.4) is 0 Å². The first-order chi connectivity index (χ1) is 8.16. The standard InChI is InChI=1S/C12H8ClNO3.ClH/c13-10-7-8(12(15)16)1-2-11(10)17-9-3-5-14-6-4-9;/h1-7H,(H,15,16);1H. The normalized spacial score (nSPS) is 9.39. The molecule has 4 nitrogen and oxygen atoms in total. The van der Waals surface area contributed by atoms with Gasteiger partial charge in [-0.2, -0.15) is 0 Å². The summed E-state index contributed by atoms with van der Waals surface area (Å²) in [5.74, 6) is -0.0322. The number of carboxylic acids is 1. The third kappa shape index (κ3) is 3.35. The zero-order valence-electron chi connectivity index (χ0n) is 9.04. The molecular formula is C12H9Cl2NO3. The number of nitrogens with zero attached hydrogens (tertiary/aromatic N) is 1. The number of carbonyl (C=O) groups is 1. The summed E-state index contributed by atoms with van der Waals surface area (Å²) in [4.78, 5) is 14.6. The van der Waals surface area contributed by atoms with E-state index in [1.165, 1.54) is 18.2 Å². The molecule has 1 aromatic heterocycles. The van der Waals surface area contributed by atoms with Gasteiger partial charge in [0.2, 0.25) is 0 Å². The van der Waals surface area contributed by atoms with E-state index in [4.69, 9.17) is 21.4 Å². The average Bonchev–Trinajstić information content (AvgIpc) is 2.33. The van der Waals surface area contributed by atoms with Crippen molar-refractivity contribution in [1.82, 2.24) is 4.98 Å². The van der Waals surface area contributed by atoms with Crippen molar-refractivity contribution in [2.75, 3.05) is 0 Å². The van der Waals surface area contributed by atoms with Crippen molar-refractivity contribution in [2.24, 2.45) is 0 Å². The number of aromatic carboxylic acids is 1. The molecule has 6 heteroatoms. The Morgan fingerprint density at radius 3 is 2.44 bits per heavy atom. The number of rotatable bonds is 3. The van der Waals surface area contributed by atoms with Crippen LogP contribution in [0.2, 0.25) is 5.02 Å². The summed E-state index contributed by atoms with van der Waals surface area (Å²) in [5.41, 5.74) is 0.122. The molecule has 0 bridgehead atoms. The maximum absolute atomic E-state index is 10.7. The molecule has 2 rings (SSSR count). The molecule has 0 radical (unpaired) electrons. The maximum Gasteiger partial charge on any atom is 0.335 e. The van der Waals surface area contributed by atoms with Crippen molar-refractivity contribution in [3.05, 3.63) is 53.3 Å². The summed E-state index contributed by atoms with van der Waals surface area (Å²) in [6, 6.07) is 7.67. The number of pyridine rings is 1. The molecule has 0 saturated carbocycles. The lowest BCUT2D eigenvalue weighted by Gasteiger charge is -2.07. The maximum atomic E-state index is 10.7. The Hall–Kier alpha value is -1.78. The average molecular weight is 286 g/mol. The van der Waals surface area contributed by atoms with E-state index < -0.39 is 5.97 Å². The Kier molecular flexibility index (Phi) is 4.95. The van der Waals surface area contributed by atoms with Crippen LogP contribution in [0, 0.1) is 0 Å². The zero-order valence-corrected chi connectivity index (χ0v) is 10.6. The lowest BCUT2D eigenvalue weighted by Crippen LogP contribution is -1.96. The molecule has 0 aliphatic rings. The van der Waals surface area contributed by atoms with E-state index in [9.17, 15) is 4.79 Å². The van der Waals surface area contributed by atoms with Crippen molar-refractivity contribution in [1.29, 1.82) is 0 Å². The first-order valence-corrected chi connectivity index (χ1v) is 5.15. The van der Waals surface area contributed by atoms with Crippen LogP contribution in [-0.4, -0.2) is 16.1 Å². The van der Waals surface area contributed by atoms with Crippen LogP contribution in [-0.2, 0) is 0 Å². The molecule has 18 heavy (non-hydrogen) atoms. The Morgan fingerprint density at radius 1 is 1.22 bits per heavy atom. The second kappa shape index (κ2) is 6.23. The van der Waals surface area contributed by atoms with Gasteiger partial charge in [-0.25, -0.2) is 4.79 Å². The molecule has 1 aromatic carbocycles. The number of benzene rings is 1. The fourth-order valence-electron chi connectivity index (χ4n) is 1.25. The molecule has 0 spiro atoms. The number of halogens is 2. The fourth-order valence-corrected chi connectivity index (χ4v) is 1.47. The van der Waals surface area contributed by atoms with E-state index in [0.717, 1.165) is 0 Å². The van der Waals surface area contributed by atoms with E-state index >= 15 is 0 Å². The highest BCUT2D eigenvalue weighted by Crippen LogP contribution is 2.29. The van der Waals surface area contributed by atoms with Gasteiger partial charge < -0.3 is 9.84 Å². The molecular weight excluding hydrogens is 277 g/mol. The quantitative estimate of drug-likeness (QED) is 0.935. The summed E-state index contributed by atoms with van der Waals surface area (Å²) in [6.07, 6.45) is 3.18. The molecule has 0 aliphatic heterocycles. The summed E-state index contributed by atoms with van der Waals surface area (Å²) in [7, 11) is 0. The Morgan fingerprint density at radius 2 is 1.89 bits per heavy atom. The van der Waals surface area contributed by atoms with Gasteiger partial charge in [0.25, 0.3) is 0 Å². The number of aromatic nitrogens is 1. The van der Waals surface area contributed by atoms with Crippen molar-refractivity contribution < 1.29 is 14.6 Å². The van der Waals surface area contributed by atoms with Gasteiger partial charge in [0, 0.05) is 12.4 Å². The molecule has 0 aliphatic carbocycles. The summed E-state index contributed by atoms with van der Waals surface area (Å²) >= 11 is 5.92. The second-order valence-electron chi connectivity index (χ2n) is 3.24. The molecule has 0 atom stereocenters. The lowest BCUT2D eigenvalue weighted by atomic mass is 10.2. The first-order valence-electron chi connectivity index (χ1n) is 4.77. The number of hydrogen-bond acceptors (Lipinski definition) is 3. The second-order valence-corrected chi connectivity index (χ2v) is 3.64. The smallest absolute Gasteiger partial charge is 0.335 e. The van der Waals surface area contributed by atoms with E-state index in [-0.39, 0.29) is 23.0 Å². The molecule has 0 unspecified atom stereocenters. The molecule has 1 N–H and O–H groups in total. The summed E-state index contributed by atoms with van der Waals surface area (Å²) in [5, 5.41) is 9.03. The number of carboxylic acid groups (broad SMARTS) is 1. The highest BCUT2D eigenvalue weighted by molar-refractivity contribution is 6.32. The highest BCUT2D eigenvalue weighted by Gasteiger charge is 2.08. The molecule has 0 saturated heterocycles. The molecule has 0 fully saturated rings. The summed E-state index contributed by atoms with van der Waals surface area (Å²) < 4.78 is 5.48. The third-order valence-corrected chi connectivity index (χ3v) is 2.35. The van der Waals surface area contributed by atoms with Crippen LogP contribution in [0.15, 0.2) is 42.7 Å². The molecule has 1 heterocycles. The van der Waals surface area contributed by atoms with Crippen LogP contribution in [0.4, 0.5) is 0 Å². The summed E-state index contributed by atoms with van der Waals surface area (Å²) in [6.45, 7) is 0. The minimum absolute atomic E-state index is 0. The monoisotopic (exact) mass is 285 g/mol. The lowest BCUT2D eigenvalue weighted by molar-refractivity contribution is 0.0697. The van der Waals surface area contributed by atoms with Crippen molar-refractivity contribution in [3.63, 3.8) is 0 Å². The van der Waals surface area contributed by atoms with Crippen LogP contribution < -0.4 is 4.74 Å². The van der Waals surface area contributed by atoms with Gasteiger partial charge in [0.05, 0.1) is 10.6 Å². The van der Waals surface area contributed by atoms with Gasteiger partial charge in [0.1, 0.15) is 11.5 Å². The number of hydrogen-bond donors (Lipinski definition) is 1. The van der Waals surface area contributed by atoms with Crippen LogP contribution >= 0.6 is 24.0 Å². The third-order valence-electron chi connectivity index (χ3n) is 2.06. The molecule has 0 amide bonds. The topological polar surface area (TPSA) is 59.4 Å². The fraction of sp³-hybridized carbons (Fsp3) is 0. The van der Waals surface area contributed by atoms with Crippen LogP contribution in [0.5, 0.6) is 11.5 Å². The van der Waals surface area contributed by atoms with Gasteiger partial charge in [-0.15, -0.1) is 12.4 Å². The Bertz CT molecular complexity index is 546. The van der Waals surface area contributed by atoms with E-state index in [1.807, 2.05) is 0 Å². The van der Waals surface area contributed by atoms with Crippen molar-refractivity contribution in [2.45, 2.75) is 0 Å². The Balaban J connectivity index is 0.00000162. The minimum Gasteiger partial charge on any atom is -0.478 e. The largest absolute Gasteiger partial charge is 0.478 e. The van der Waals surface area contributed by atoms with Gasteiger partial charge in [0.15, 0.2) is 0 Å². The van der Waals surface area contributed by atoms with Crippen molar-refractivity contribution in [3.8, 4) is 11.5 Å². The SMILES string of the molecule is Cl.O=C(O)c1ccc(Oc2ccncc2)c(Cl)c1. The zero-order chi connectivity index (χ0) is 12.3. The van der Waals surface area contributed by atoms with Crippen LogP contribution in [0.1, 0.15) is 10.4 Å². The Labute approximate surface area is 115 Å². The molecule has 2 aromatic rings. The van der Waals surface area contributed by atoms with Gasteiger partial charge in [-0.05, 0) is 30.3 Å². The predicted octanol–water partition coefficient (Wildman–Crippen LogP) is 3.65. The van der Waals surface area contributed by atoms with Crippen molar-refractivity contribution >= 4 is 30.0 Å². The van der Waals surface area contributed by atoms with E-state index in [1.54, 1.807) is 24.5 Å². The molecule has 94 valence electrons. The van der Waals surface area contributed by atoms with E-state index in [2.05, 4.69) is 4.98 Å². The van der Waals surface area contributed by atoms with Gasteiger partial charge in [-0.1, -0.05) is 11.6 Å². The van der Waals surface area contributed by atoms with E-state index in [0.29, 0.717) is 11.5 Å².